The molecule has 4 heterocycles. The molecule has 9 heteroatoms. The molecule has 9 nitrogen and oxygen atoms in total. The van der Waals surface area contributed by atoms with Gasteiger partial charge < -0.3 is 14.7 Å². The van der Waals surface area contributed by atoms with Gasteiger partial charge in [0.25, 0.3) is 5.91 Å². The number of rotatable bonds is 3. The van der Waals surface area contributed by atoms with Crippen molar-refractivity contribution in [1.82, 2.24) is 19.7 Å². The topological polar surface area (TPSA) is 115 Å². The summed E-state index contributed by atoms with van der Waals surface area (Å²) in [7, 11) is 0. The number of carbonyl (C=O) groups excluding carboxylic acids is 2. The van der Waals surface area contributed by atoms with Crippen molar-refractivity contribution in [2.24, 2.45) is 0 Å². The molecule has 1 spiro atoms. The van der Waals surface area contributed by atoms with Crippen LogP contribution in [0, 0.1) is 0 Å². The molecule has 36 heavy (non-hydrogen) atoms. The number of Topliss-reactive ketones (excluding diaryl/α,β-unsaturated/α-hetero) is 1. The maximum absolute atomic E-state index is 13.3. The molecule has 0 saturated carbocycles. The number of amides is 1. The maximum Gasteiger partial charge on any atom is 0.335 e. The zero-order valence-electron chi connectivity index (χ0n) is 20.5. The lowest BCUT2D eigenvalue weighted by Gasteiger charge is -2.43. The minimum atomic E-state index is -0.996. The monoisotopic (exact) mass is 488 g/mol. The number of aromatic nitrogens is 3. The number of fused-ring (bicyclic) bond motifs is 1. The van der Waals surface area contributed by atoms with Crippen LogP contribution in [0.3, 0.4) is 0 Å². The summed E-state index contributed by atoms with van der Waals surface area (Å²) in [6, 6.07) is 9.78. The van der Waals surface area contributed by atoms with Crippen LogP contribution in [-0.2, 0) is 5.54 Å². The number of carbonyl (C=O) groups is 3. The van der Waals surface area contributed by atoms with Crippen LogP contribution in [0.25, 0.3) is 11.3 Å². The van der Waals surface area contributed by atoms with Crippen LogP contribution in [-0.4, -0.2) is 61.1 Å². The number of carboxylic acid groups (broad SMARTS) is 1. The van der Waals surface area contributed by atoms with E-state index in [0.717, 1.165) is 5.56 Å². The van der Waals surface area contributed by atoms with E-state index in [9.17, 15) is 14.4 Å². The molecule has 3 aromatic rings. The van der Waals surface area contributed by atoms with E-state index in [4.69, 9.17) is 9.84 Å². The summed E-state index contributed by atoms with van der Waals surface area (Å²) in [4.78, 5) is 43.4. The second kappa shape index (κ2) is 8.58. The summed E-state index contributed by atoms with van der Waals surface area (Å²) in [5, 5.41) is 13.6. The predicted molar refractivity (Wildman–Crippen MR) is 131 cm³/mol. The van der Waals surface area contributed by atoms with Gasteiger partial charge in [0.2, 0.25) is 0 Å². The highest BCUT2D eigenvalue weighted by molar-refractivity contribution is 5.98. The van der Waals surface area contributed by atoms with Crippen LogP contribution in [0.15, 0.2) is 48.8 Å². The van der Waals surface area contributed by atoms with Gasteiger partial charge in [-0.3, -0.25) is 19.3 Å². The average molecular weight is 489 g/mol. The number of pyridine rings is 1. The van der Waals surface area contributed by atoms with Gasteiger partial charge in [-0.2, -0.15) is 5.10 Å². The number of likely N-dealkylation sites (tertiary alicyclic amines) is 1. The molecule has 0 atom stereocenters. The number of nitrogens with zero attached hydrogens (tertiary/aromatic N) is 4. The Bertz CT molecular complexity index is 1350. The average Bonchev–Trinajstić information content (AvgIpc) is 3.29. The van der Waals surface area contributed by atoms with Crippen molar-refractivity contribution in [2.45, 2.75) is 51.2 Å². The molecule has 1 saturated heterocycles. The van der Waals surface area contributed by atoms with Crippen LogP contribution in [0.5, 0.6) is 5.75 Å². The normalized spacial score (nSPS) is 17.0. The molecule has 0 bridgehead atoms. The Kier molecular flexibility index (Phi) is 5.65. The smallest absolute Gasteiger partial charge is 0.335 e. The first kappa shape index (κ1) is 23.7. The Morgan fingerprint density at radius 2 is 1.75 bits per heavy atom. The van der Waals surface area contributed by atoms with E-state index in [2.05, 4.69) is 10.1 Å². The Morgan fingerprint density at radius 1 is 1.06 bits per heavy atom. The number of aromatic carboxylic acids is 1. The lowest BCUT2D eigenvalue weighted by atomic mass is 9.83. The van der Waals surface area contributed by atoms with E-state index in [1.807, 2.05) is 20.8 Å². The number of piperidine rings is 1. The molecule has 1 aromatic carbocycles. The summed E-state index contributed by atoms with van der Waals surface area (Å²) in [6.45, 7) is 7.00. The predicted octanol–water partition coefficient (Wildman–Crippen LogP) is 4.04. The Balaban J connectivity index is 1.29. The summed E-state index contributed by atoms with van der Waals surface area (Å²) < 4.78 is 8.12. The Morgan fingerprint density at radius 3 is 2.39 bits per heavy atom. The zero-order valence-corrected chi connectivity index (χ0v) is 20.5. The maximum atomic E-state index is 13.3. The van der Waals surface area contributed by atoms with E-state index in [1.165, 1.54) is 12.1 Å². The van der Waals surface area contributed by atoms with Crippen molar-refractivity contribution < 1.29 is 24.2 Å². The van der Waals surface area contributed by atoms with Gasteiger partial charge >= 0.3 is 5.97 Å². The summed E-state index contributed by atoms with van der Waals surface area (Å²) in [6.07, 6.45) is 4.75. The lowest BCUT2D eigenvalue weighted by molar-refractivity contribution is -0.00588. The Labute approximate surface area is 208 Å². The molecule has 2 aliphatic rings. The van der Waals surface area contributed by atoms with Crippen LogP contribution in [0.2, 0.25) is 0 Å². The molecule has 5 rings (SSSR count). The van der Waals surface area contributed by atoms with Crippen molar-refractivity contribution >= 4 is 17.7 Å². The minimum absolute atomic E-state index is 0.0216. The molecule has 1 fully saturated rings. The third-order valence-electron chi connectivity index (χ3n) is 6.84. The van der Waals surface area contributed by atoms with Crippen molar-refractivity contribution in [1.29, 1.82) is 0 Å². The number of ketones is 1. The first-order valence-electron chi connectivity index (χ1n) is 12.0. The third kappa shape index (κ3) is 4.36. The number of hydrogen-bond acceptors (Lipinski definition) is 6. The van der Waals surface area contributed by atoms with E-state index < -0.39 is 11.6 Å². The number of carboxylic acids is 1. The van der Waals surface area contributed by atoms with Gasteiger partial charge in [0.15, 0.2) is 17.2 Å². The number of benzene rings is 1. The van der Waals surface area contributed by atoms with Crippen LogP contribution in [0.1, 0.15) is 71.2 Å². The second-order valence-corrected chi connectivity index (χ2v) is 10.4. The molecule has 0 aliphatic carbocycles. The fourth-order valence-corrected chi connectivity index (χ4v) is 4.70. The highest BCUT2D eigenvalue weighted by Gasteiger charge is 2.45. The zero-order chi connectivity index (χ0) is 25.7. The fraction of sp³-hybridized carbons (Fsp3) is 0.370. The van der Waals surface area contributed by atoms with Crippen molar-refractivity contribution in [2.75, 3.05) is 13.1 Å². The molecule has 1 amide bonds. The molecule has 0 radical (unpaired) electrons. The summed E-state index contributed by atoms with van der Waals surface area (Å²) in [5.41, 5.74) is 1.52. The molecule has 1 N–H and O–H groups in total. The number of hydrogen-bond donors (Lipinski definition) is 1. The summed E-state index contributed by atoms with van der Waals surface area (Å²) >= 11 is 0. The third-order valence-corrected chi connectivity index (χ3v) is 6.84. The quantitative estimate of drug-likeness (QED) is 0.592. The van der Waals surface area contributed by atoms with Gasteiger partial charge in [-0.05, 0) is 45.0 Å². The molecule has 186 valence electrons. The van der Waals surface area contributed by atoms with E-state index in [1.54, 1.807) is 46.2 Å². The first-order valence-corrected chi connectivity index (χ1v) is 12.0. The highest BCUT2D eigenvalue weighted by atomic mass is 16.5. The van der Waals surface area contributed by atoms with Crippen LogP contribution >= 0.6 is 0 Å². The fourth-order valence-electron chi connectivity index (χ4n) is 4.70. The van der Waals surface area contributed by atoms with Crippen LogP contribution < -0.4 is 4.74 Å². The van der Waals surface area contributed by atoms with Gasteiger partial charge in [0, 0.05) is 43.3 Å². The van der Waals surface area contributed by atoms with Gasteiger partial charge in [-0.25, -0.2) is 4.79 Å². The molecule has 2 aliphatic heterocycles. The van der Waals surface area contributed by atoms with Gasteiger partial charge in [-0.1, -0.05) is 12.1 Å². The van der Waals surface area contributed by atoms with E-state index >= 15 is 0 Å². The van der Waals surface area contributed by atoms with Crippen molar-refractivity contribution in [3.05, 3.63) is 65.6 Å². The largest absolute Gasteiger partial charge is 0.483 e. The lowest BCUT2D eigenvalue weighted by Crippen LogP contribution is -2.52. The molecule has 0 unspecified atom stereocenters. The SMILES string of the molecule is CC(C)(C)n1cc2c(n1)C(=O)CC1(CCN(C(=O)c3ccnc(-c4ccc(C(=O)O)cc4)c3)CC1)O2. The minimum Gasteiger partial charge on any atom is -0.483 e. The van der Waals surface area contributed by atoms with Gasteiger partial charge in [0.05, 0.1) is 29.4 Å². The highest BCUT2D eigenvalue weighted by Crippen LogP contribution is 2.40. The molecular formula is C27H28N4O5. The van der Waals surface area contributed by atoms with Gasteiger partial charge in [-0.15, -0.1) is 0 Å². The van der Waals surface area contributed by atoms with Crippen molar-refractivity contribution in [3.8, 4) is 17.0 Å². The van der Waals surface area contributed by atoms with E-state index in [0.29, 0.717) is 48.6 Å². The van der Waals surface area contributed by atoms with Crippen LogP contribution in [0.4, 0.5) is 0 Å². The summed E-state index contributed by atoms with van der Waals surface area (Å²) in [5.74, 6) is -0.608. The standard InChI is InChI=1S/C27H28N4O5/c1-26(2,3)31-16-22-23(29-31)21(32)15-27(36-22)9-12-30(13-10-27)24(33)19-8-11-28-20(14-19)17-4-6-18(7-5-17)25(34)35/h4-8,11,14,16H,9-10,12-13,15H2,1-3H3,(H,34,35). The molecule has 2 aromatic heterocycles. The van der Waals surface area contributed by atoms with E-state index in [-0.39, 0.29) is 29.2 Å². The first-order chi connectivity index (χ1) is 17.0. The van der Waals surface area contributed by atoms with Gasteiger partial charge in [0.1, 0.15) is 5.60 Å². The van der Waals surface area contributed by atoms with Crippen molar-refractivity contribution in [3.63, 3.8) is 0 Å². The second-order valence-electron chi connectivity index (χ2n) is 10.4. The number of ether oxygens (including phenoxy) is 1. The Hall–Kier alpha value is -4.01. The molecular weight excluding hydrogens is 460 g/mol.